The van der Waals surface area contributed by atoms with Crippen molar-refractivity contribution in [3.8, 4) is 5.06 Å². The van der Waals surface area contributed by atoms with Crippen molar-refractivity contribution in [3.05, 3.63) is 15.4 Å². The van der Waals surface area contributed by atoms with Crippen LogP contribution < -0.4 is 10.1 Å². The molecule has 72 valence electrons. The molecule has 2 nitrogen and oxygen atoms in total. The van der Waals surface area contributed by atoms with E-state index >= 15 is 0 Å². The molecule has 0 spiro atoms. The van der Waals surface area contributed by atoms with Crippen LogP contribution in [0.1, 0.15) is 11.8 Å². The fourth-order valence-corrected chi connectivity index (χ4v) is 2.99. The number of hydrogen-bond donors (Lipinski definition) is 1. The number of halogens is 1. The molecule has 0 aromatic carbocycles. The molecule has 2 heterocycles. The third-order valence-electron chi connectivity index (χ3n) is 2.12. The normalized spacial score (nSPS) is 19.6. The van der Waals surface area contributed by atoms with E-state index in [9.17, 15) is 0 Å². The first-order valence-corrected chi connectivity index (χ1v) is 5.86. The minimum Gasteiger partial charge on any atom is -0.474 e. The lowest BCUT2D eigenvalue weighted by atomic mass is 10.0. The van der Waals surface area contributed by atoms with Crippen molar-refractivity contribution < 1.29 is 4.74 Å². The van der Waals surface area contributed by atoms with E-state index in [1.54, 1.807) is 11.3 Å². The lowest BCUT2D eigenvalue weighted by Crippen LogP contribution is -2.60. The van der Waals surface area contributed by atoms with E-state index in [4.69, 9.17) is 4.74 Å². The van der Waals surface area contributed by atoms with Gasteiger partial charge in [-0.05, 0) is 35.8 Å². The molecule has 0 aliphatic carbocycles. The van der Waals surface area contributed by atoms with Crippen LogP contribution in [-0.4, -0.2) is 18.7 Å². The Morgan fingerprint density at radius 3 is 2.69 bits per heavy atom. The van der Waals surface area contributed by atoms with Crippen LogP contribution in [0.4, 0.5) is 0 Å². The maximum absolute atomic E-state index is 5.90. The summed E-state index contributed by atoms with van der Waals surface area (Å²) in [7, 11) is 0. The lowest BCUT2D eigenvalue weighted by Gasteiger charge is -2.38. The molecule has 0 saturated carbocycles. The second-order valence-corrected chi connectivity index (χ2v) is 5.72. The summed E-state index contributed by atoms with van der Waals surface area (Å²) in [6.45, 7) is 6.10. The van der Waals surface area contributed by atoms with Crippen molar-refractivity contribution in [1.82, 2.24) is 5.32 Å². The highest BCUT2D eigenvalue weighted by Gasteiger charge is 2.34. The Hall–Kier alpha value is -0.0600. The Morgan fingerprint density at radius 1 is 1.62 bits per heavy atom. The van der Waals surface area contributed by atoms with Gasteiger partial charge in [0.2, 0.25) is 0 Å². The van der Waals surface area contributed by atoms with E-state index < -0.39 is 0 Å². The molecular weight excluding hydrogens is 250 g/mol. The van der Waals surface area contributed by atoms with Gasteiger partial charge in [-0.15, -0.1) is 11.3 Å². The predicted molar refractivity (Wildman–Crippen MR) is 58.7 cm³/mol. The number of aryl methyl sites for hydroxylation is 1. The number of rotatable bonds is 2. The summed E-state index contributed by atoms with van der Waals surface area (Å²) in [4.78, 5) is 1.28. The summed E-state index contributed by atoms with van der Waals surface area (Å²) in [5.74, 6) is 0. The summed E-state index contributed by atoms with van der Waals surface area (Å²) in [6, 6.07) is 2.09. The topological polar surface area (TPSA) is 21.3 Å². The number of thiophene rings is 1. The van der Waals surface area contributed by atoms with Gasteiger partial charge in [0, 0.05) is 18.0 Å². The van der Waals surface area contributed by atoms with Gasteiger partial charge < -0.3 is 10.1 Å². The first-order chi connectivity index (χ1) is 6.09. The molecule has 1 fully saturated rings. The summed E-state index contributed by atoms with van der Waals surface area (Å²) >= 11 is 5.18. The van der Waals surface area contributed by atoms with E-state index in [1.165, 1.54) is 4.88 Å². The van der Waals surface area contributed by atoms with Crippen LogP contribution in [0.5, 0.6) is 5.06 Å². The highest BCUT2D eigenvalue weighted by molar-refractivity contribution is 9.10. The Morgan fingerprint density at radius 2 is 2.31 bits per heavy atom. The van der Waals surface area contributed by atoms with Crippen molar-refractivity contribution in [2.45, 2.75) is 19.4 Å². The highest BCUT2D eigenvalue weighted by atomic mass is 79.9. The zero-order valence-corrected chi connectivity index (χ0v) is 10.1. The van der Waals surface area contributed by atoms with Gasteiger partial charge in [-0.25, -0.2) is 0 Å². The Bertz CT molecular complexity index is 319. The number of nitrogens with one attached hydrogen (secondary N) is 1. The molecule has 1 saturated heterocycles. The van der Waals surface area contributed by atoms with Crippen LogP contribution in [0.15, 0.2) is 10.5 Å². The second kappa shape index (κ2) is 3.26. The first-order valence-electron chi connectivity index (χ1n) is 4.25. The first kappa shape index (κ1) is 9.49. The van der Waals surface area contributed by atoms with Crippen molar-refractivity contribution in [1.29, 1.82) is 0 Å². The maximum atomic E-state index is 5.90. The fourth-order valence-electron chi connectivity index (χ4n) is 1.30. The molecule has 0 bridgehead atoms. The average molecular weight is 262 g/mol. The molecule has 0 amide bonds. The van der Waals surface area contributed by atoms with Gasteiger partial charge in [-0.1, -0.05) is 0 Å². The summed E-state index contributed by atoms with van der Waals surface area (Å²) in [5, 5.41) is 4.21. The standard InChI is InChI=1S/C9H12BrNOS/c1-6-3-7(10)8(13-6)12-9(2)4-11-5-9/h3,11H,4-5H2,1-2H3. The largest absolute Gasteiger partial charge is 0.474 e. The molecular formula is C9H12BrNOS. The van der Waals surface area contributed by atoms with Crippen LogP contribution in [-0.2, 0) is 0 Å². The van der Waals surface area contributed by atoms with E-state index in [-0.39, 0.29) is 5.60 Å². The second-order valence-electron chi connectivity index (χ2n) is 3.65. The van der Waals surface area contributed by atoms with Crippen molar-refractivity contribution in [3.63, 3.8) is 0 Å². The summed E-state index contributed by atoms with van der Waals surface area (Å²) < 4.78 is 6.97. The van der Waals surface area contributed by atoms with E-state index in [1.807, 2.05) is 0 Å². The molecule has 13 heavy (non-hydrogen) atoms. The molecule has 1 aliphatic heterocycles. The van der Waals surface area contributed by atoms with Crippen molar-refractivity contribution >= 4 is 27.3 Å². The minimum absolute atomic E-state index is 0.000185. The van der Waals surface area contributed by atoms with E-state index in [0.717, 1.165) is 22.6 Å². The molecule has 1 aromatic heterocycles. The predicted octanol–water partition coefficient (Wildman–Crippen LogP) is 2.56. The summed E-state index contributed by atoms with van der Waals surface area (Å²) in [5.41, 5.74) is -0.000185. The highest BCUT2D eigenvalue weighted by Crippen LogP contribution is 2.37. The Balaban J connectivity index is 2.12. The lowest BCUT2D eigenvalue weighted by molar-refractivity contribution is 0.0380. The minimum atomic E-state index is -0.000185. The van der Waals surface area contributed by atoms with Gasteiger partial charge in [-0.3, -0.25) is 0 Å². The SMILES string of the molecule is Cc1cc(Br)c(OC2(C)CNC2)s1. The van der Waals surface area contributed by atoms with E-state index in [2.05, 4.69) is 41.2 Å². The zero-order valence-electron chi connectivity index (χ0n) is 7.69. The molecule has 4 heteroatoms. The van der Waals surface area contributed by atoms with Gasteiger partial charge in [-0.2, -0.15) is 0 Å². The third kappa shape index (κ3) is 1.90. The summed E-state index contributed by atoms with van der Waals surface area (Å²) in [6.07, 6.45) is 0. The van der Waals surface area contributed by atoms with Crippen LogP contribution in [0.3, 0.4) is 0 Å². The third-order valence-corrected chi connectivity index (χ3v) is 3.90. The van der Waals surface area contributed by atoms with Gasteiger partial charge >= 0.3 is 0 Å². The van der Waals surface area contributed by atoms with Gasteiger partial charge in [0.1, 0.15) is 5.60 Å². The van der Waals surface area contributed by atoms with Gasteiger partial charge in [0.25, 0.3) is 0 Å². The van der Waals surface area contributed by atoms with Crippen molar-refractivity contribution in [2.24, 2.45) is 0 Å². The molecule has 2 rings (SSSR count). The Kier molecular flexibility index (Phi) is 2.38. The number of ether oxygens (including phenoxy) is 1. The molecule has 0 unspecified atom stereocenters. The molecule has 1 aromatic rings. The monoisotopic (exact) mass is 261 g/mol. The van der Waals surface area contributed by atoms with Crippen LogP contribution in [0.2, 0.25) is 0 Å². The average Bonchev–Trinajstić information content (AvgIpc) is 2.27. The van der Waals surface area contributed by atoms with Crippen LogP contribution >= 0.6 is 27.3 Å². The van der Waals surface area contributed by atoms with Crippen molar-refractivity contribution in [2.75, 3.05) is 13.1 Å². The van der Waals surface area contributed by atoms with Gasteiger partial charge in [0.05, 0.1) is 4.47 Å². The molecule has 1 N–H and O–H groups in total. The fraction of sp³-hybridized carbons (Fsp3) is 0.556. The smallest absolute Gasteiger partial charge is 0.189 e. The van der Waals surface area contributed by atoms with E-state index in [0.29, 0.717) is 0 Å². The van der Waals surface area contributed by atoms with Gasteiger partial charge in [0.15, 0.2) is 5.06 Å². The molecule has 1 aliphatic rings. The number of hydrogen-bond acceptors (Lipinski definition) is 3. The molecule has 0 radical (unpaired) electrons. The van der Waals surface area contributed by atoms with Crippen LogP contribution in [0.25, 0.3) is 0 Å². The van der Waals surface area contributed by atoms with Crippen LogP contribution in [0, 0.1) is 6.92 Å². The quantitative estimate of drug-likeness (QED) is 0.884. The maximum Gasteiger partial charge on any atom is 0.189 e. The molecule has 0 atom stereocenters. The zero-order chi connectivity index (χ0) is 9.47. The Labute approximate surface area is 90.4 Å².